The van der Waals surface area contributed by atoms with Crippen LogP contribution in [0.15, 0.2) is 41.4 Å². The minimum absolute atomic E-state index is 0.0575. The summed E-state index contributed by atoms with van der Waals surface area (Å²) >= 11 is 0. The van der Waals surface area contributed by atoms with Crippen molar-refractivity contribution in [3.8, 4) is 0 Å². The van der Waals surface area contributed by atoms with Crippen molar-refractivity contribution in [1.29, 1.82) is 0 Å². The minimum Gasteiger partial charge on any atom is -0.309 e. The van der Waals surface area contributed by atoms with E-state index >= 15 is 0 Å². The van der Waals surface area contributed by atoms with Crippen molar-refractivity contribution in [3.63, 3.8) is 0 Å². The van der Waals surface area contributed by atoms with E-state index in [1.54, 1.807) is 18.7 Å². The summed E-state index contributed by atoms with van der Waals surface area (Å²) in [5, 5.41) is 12.5. The first-order valence-corrected chi connectivity index (χ1v) is 10.2. The van der Waals surface area contributed by atoms with Crippen molar-refractivity contribution in [1.82, 2.24) is 28.9 Å². The molecule has 2 aromatic heterocycles. The van der Waals surface area contributed by atoms with Crippen LogP contribution in [0.5, 0.6) is 0 Å². The van der Waals surface area contributed by atoms with E-state index in [1.807, 2.05) is 25.1 Å². The van der Waals surface area contributed by atoms with E-state index < -0.39 is 10.0 Å². The minimum atomic E-state index is -3.66. The fraction of sp³-hybridized carbons (Fsp3) is 0.389. The molecule has 3 aromatic rings. The molecule has 8 nitrogen and oxygen atoms in total. The molecule has 0 bridgehead atoms. The molecule has 1 aliphatic heterocycles. The number of hydrogen-bond donors (Lipinski definition) is 0. The Kier molecular flexibility index (Phi) is 4.35. The summed E-state index contributed by atoms with van der Waals surface area (Å²) in [5.74, 6) is 1.48. The van der Waals surface area contributed by atoms with Gasteiger partial charge in [-0.25, -0.2) is 8.42 Å². The van der Waals surface area contributed by atoms with Crippen LogP contribution in [-0.4, -0.2) is 43.8 Å². The average Bonchev–Trinajstić information content (AvgIpc) is 3.19. The number of hydrogen-bond acceptors (Lipinski definition) is 5. The molecule has 0 radical (unpaired) electrons. The molecule has 142 valence electrons. The van der Waals surface area contributed by atoms with Crippen molar-refractivity contribution in [2.24, 2.45) is 7.05 Å². The van der Waals surface area contributed by atoms with Crippen LogP contribution in [0.2, 0.25) is 0 Å². The lowest BCUT2D eigenvalue weighted by atomic mass is 10.0. The van der Waals surface area contributed by atoms with E-state index in [4.69, 9.17) is 0 Å². The Morgan fingerprint density at radius 1 is 1.15 bits per heavy atom. The van der Waals surface area contributed by atoms with Gasteiger partial charge in [0.25, 0.3) is 0 Å². The molecule has 27 heavy (non-hydrogen) atoms. The molecule has 0 aliphatic carbocycles. The van der Waals surface area contributed by atoms with Crippen molar-refractivity contribution in [2.75, 3.05) is 6.54 Å². The molecule has 0 amide bonds. The standard InChI is InChI=1S/C18H22N6O2S/c1-13-17(10-19-22(13)3)27(25,26)23-11-16(9-15-7-5-4-6-8-15)24-14(2)20-21-18(24)12-23/h4-8,10,16H,9,11-12H2,1-3H3/t16-/m1/s1. The smallest absolute Gasteiger partial charge is 0.246 e. The Balaban J connectivity index is 1.71. The Labute approximate surface area is 158 Å². The fourth-order valence-corrected chi connectivity index (χ4v) is 5.25. The highest BCUT2D eigenvalue weighted by Gasteiger charge is 2.36. The van der Waals surface area contributed by atoms with E-state index in [0.29, 0.717) is 24.5 Å². The third kappa shape index (κ3) is 3.06. The van der Waals surface area contributed by atoms with Crippen molar-refractivity contribution >= 4 is 10.0 Å². The molecule has 4 rings (SSSR count). The van der Waals surface area contributed by atoms with Crippen LogP contribution in [0.4, 0.5) is 0 Å². The van der Waals surface area contributed by atoms with Gasteiger partial charge in [-0.15, -0.1) is 10.2 Å². The van der Waals surface area contributed by atoms with Gasteiger partial charge >= 0.3 is 0 Å². The summed E-state index contributed by atoms with van der Waals surface area (Å²) < 4.78 is 31.6. The van der Waals surface area contributed by atoms with Crippen LogP contribution in [0.3, 0.4) is 0 Å². The van der Waals surface area contributed by atoms with Gasteiger partial charge in [0.1, 0.15) is 16.5 Å². The normalized spacial score (nSPS) is 17.8. The predicted molar refractivity (Wildman–Crippen MR) is 99.5 cm³/mol. The second kappa shape index (κ2) is 6.58. The highest BCUT2D eigenvalue weighted by molar-refractivity contribution is 7.89. The maximum absolute atomic E-state index is 13.3. The molecule has 0 N–H and O–H groups in total. The summed E-state index contributed by atoms with van der Waals surface area (Å²) in [6.45, 7) is 4.25. The highest BCUT2D eigenvalue weighted by atomic mass is 32.2. The van der Waals surface area contributed by atoms with Crippen molar-refractivity contribution in [3.05, 3.63) is 59.4 Å². The second-order valence-corrected chi connectivity index (χ2v) is 8.80. The molecule has 0 saturated carbocycles. The Bertz CT molecular complexity index is 1070. The van der Waals surface area contributed by atoms with Crippen LogP contribution >= 0.6 is 0 Å². The quantitative estimate of drug-likeness (QED) is 0.680. The van der Waals surface area contributed by atoms with Gasteiger partial charge in [0.05, 0.1) is 24.5 Å². The first-order chi connectivity index (χ1) is 12.9. The largest absolute Gasteiger partial charge is 0.309 e. The Morgan fingerprint density at radius 3 is 2.56 bits per heavy atom. The second-order valence-electron chi connectivity index (χ2n) is 6.89. The van der Waals surface area contributed by atoms with Gasteiger partial charge in [0.2, 0.25) is 10.0 Å². The monoisotopic (exact) mass is 386 g/mol. The molecule has 0 fully saturated rings. The molecule has 9 heteroatoms. The molecule has 3 heterocycles. The highest BCUT2D eigenvalue weighted by Crippen LogP contribution is 2.30. The molecule has 1 aliphatic rings. The van der Waals surface area contributed by atoms with Crippen LogP contribution in [0, 0.1) is 13.8 Å². The summed E-state index contributed by atoms with van der Waals surface area (Å²) in [6.07, 6.45) is 2.13. The molecule has 0 unspecified atom stereocenters. The van der Waals surface area contributed by atoms with Gasteiger partial charge in [-0.1, -0.05) is 30.3 Å². The third-order valence-electron chi connectivity index (χ3n) is 5.16. The van der Waals surface area contributed by atoms with Gasteiger partial charge < -0.3 is 4.57 Å². The van der Waals surface area contributed by atoms with Crippen LogP contribution < -0.4 is 0 Å². The zero-order chi connectivity index (χ0) is 19.2. The lowest BCUT2D eigenvalue weighted by Gasteiger charge is -2.33. The average molecular weight is 386 g/mol. The molecule has 1 atom stereocenters. The molecular weight excluding hydrogens is 364 g/mol. The molecule has 0 spiro atoms. The number of rotatable bonds is 4. The van der Waals surface area contributed by atoms with Crippen LogP contribution in [0.1, 0.15) is 28.9 Å². The Hall–Kier alpha value is -2.52. The maximum Gasteiger partial charge on any atom is 0.246 e. The number of benzene rings is 1. The van der Waals surface area contributed by atoms with Gasteiger partial charge in [-0.2, -0.15) is 9.40 Å². The SMILES string of the molecule is Cc1c(S(=O)(=O)N2Cc3nnc(C)n3[C@H](Cc3ccccc3)C2)cnn1C. The number of sulfonamides is 1. The summed E-state index contributed by atoms with van der Waals surface area (Å²) in [6, 6.07) is 10.0. The van der Waals surface area contributed by atoms with E-state index in [9.17, 15) is 8.42 Å². The Morgan fingerprint density at radius 2 is 1.89 bits per heavy atom. The first-order valence-electron chi connectivity index (χ1n) is 8.81. The number of aryl methyl sites for hydroxylation is 2. The van der Waals surface area contributed by atoms with Gasteiger partial charge in [0, 0.05) is 13.6 Å². The van der Waals surface area contributed by atoms with E-state index in [-0.39, 0.29) is 17.5 Å². The van der Waals surface area contributed by atoms with Crippen molar-refractivity contribution in [2.45, 2.75) is 37.8 Å². The predicted octanol–water partition coefficient (Wildman–Crippen LogP) is 1.62. The van der Waals surface area contributed by atoms with E-state index in [0.717, 1.165) is 11.4 Å². The first kappa shape index (κ1) is 17.9. The molecular formula is C18H22N6O2S. The maximum atomic E-state index is 13.3. The third-order valence-corrected chi connectivity index (χ3v) is 7.07. The van der Waals surface area contributed by atoms with E-state index in [1.165, 1.54) is 10.5 Å². The zero-order valence-electron chi connectivity index (χ0n) is 15.6. The summed E-state index contributed by atoms with van der Waals surface area (Å²) in [5.41, 5.74) is 1.77. The summed E-state index contributed by atoms with van der Waals surface area (Å²) in [4.78, 5) is 0.244. The fourth-order valence-electron chi connectivity index (χ4n) is 3.63. The molecule has 0 saturated heterocycles. The lowest BCUT2D eigenvalue weighted by Crippen LogP contribution is -2.42. The van der Waals surface area contributed by atoms with Crippen LogP contribution in [0.25, 0.3) is 0 Å². The van der Waals surface area contributed by atoms with Gasteiger partial charge in [-0.05, 0) is 25.8 Å². The zero-order valence-corrected chi connectivity index (χ0v) is 16.4. The van der Waals surface area contributed by atoms with Crippen LogP contribution in [-0.2, 0) is 30.0 Å². The molecule has 1 aromatic carbocycles. The van der Waals surface area contributed by atoms with Crippen molar-refractivity contribution < 1.29 is 8.42 Å². The number of aromatic nitrogens is 5. The number of fused-ring (bicyclic) bond motifs is 1. The lowest BCUT2D eigenvalue weighted by molar-refractivity contribution is 0.274. The topological polar surface area (TPSA) is 85.9 Å². The van der Waals surface area contributed by atoms with E-state index in [2.05, 4.69) is 32.0 Å². The number of nitrogens with zero attached hydrogens (tertiary/aromatic N) is 6. The van der Waals surface area contributed by atoms with Gasteiger partial charge in [-0.3, -0.25) is 4.68 Å². The van der Waals surface area contributed by atoms with Gasteiger partial charge in [0.15, 0.2) is 0 Å². The summed E-state index contributed by atoms with van der Waals surface area (Å²) in [7, 11) is -1.92.